The van der Waals surface area contributed by atoms with Crippen molar-refractivity contribution in [1.82, 2.24) is 19.9 Å². The van der Waals surface area contributed by atoms with Gasteiger partial charge < -0.3 is 13.7 Å². The van der Waals surface area contributed by atoms with E-state index in [1.165, 1.54) is 4.68 Å². The molecule has 0 spiro atoms. The lowest BCUT2D eigenvalue weighted by Crippen LogP contribution is -2.25. The zero-order valence-electron chi connectivity index (χ0n) is 17.0. The van der Waals surface area contributed by atoms with Crippen molar-refractivity contribution in [2.45, 2.75) is 47.3 Å². The number of hydrogen-bond donors (Lipinski definition) is 0. The van der Waals surface area contributed by atoms with E-state index >= 15 is 0 Å². The van der Waals surface area contributed by atoms with E-state index < -0.39 is 0 Å². The molecule has 0 radical (unpaired) electrons. The Kier molecular flexibility index (Phi) is 4.70. The largest absolute Gasteiger partial charge is 0.491 e. The number of rotatable bonds is 5. The standard InChI is InChI=1S/C21H22N4O4/c1-11(2)27-16-8-6-15(7-9-16)20-22-17(13(4)28-20)10-25-21(26)19-18(12(3)23-25)14(5)29-24-19/h6-9,11H,10H2,1-5H3. The van der Waals surface area contributed by atoms with Crippen molar-refractivity contribution in [3.63, 3.8) is 0 Å². The van der Waals surface area contributed by atoms with Gasteiger partial charge in [-0.25, -0.2) is 9.67 Å². The molecule has 0 saturated carbocycles. The Hall–Kier alpha value is -3.42. The molecule has 1 aromatic carbocycles. The molecule has 0 unspecified atom stereocenters. The maximum absolute atomic E-state index is 12.7. The van der Waals surface area contributed by atoms with Gasteiger partial charge in [-0.15, -0.1) is 0 Å². The zero-order chi connectivity index (χ0) is 20.7. The third-order valence-electron chi connectivity index (χ3n) is 4.60. The average molecular weight is 394 g/mol. The predicted octanol–water partition coefficient (Wildman–Crippen LogP) is 3.80. The van der Waals surface area contributed by atoms with Crippen molar-refractivity contribution in [1.29, 1.82) is 0 Å². The summed E-state index contributed by atoms with van der Waals surface area (Å²) in [7, 11) is 0. The van der Waals surface area contributed by atoms with Gasteiger partial charge in [0.25, 0.3) is 5.56 Å². The fraction of sp³-hybridized carbons (Fsp3) is 0.333. The second kappa shape index (κ2) is 7.20. The third-order valence-corrected chi connectivity index (χ3v) is 4.60. The third kappa shape index (κ3) is 3.53. The van der Waals surface area contributed by atoms with Crippen molar-refractivity contribution < 1.29 is 13.7 Å². The van der Waals surface area contributed by atoms with Gasteiger partial charge in [-0.2, -0.15) is 5.10 Å². The first kappa shape index (κ1) is 18.9. The van der Waals surface area contributed by atoms with Gasteiger partial charge in [0.15, 0.2) is 5.52 Å². The van der Waals surface area contributed by atoms with Crippen LogP contribution < -0.4 is 10.3 Å². The number of ether oxygens (including phenoxy) is 1. The van der Waals surface area contributed by atoms with E-state index in [0.29, 0.717) is 34.2 Å². The van der Waals surface area contributed by atoms with E-state index in [4.69, 9.17) is 13.7 Å². The van der Waals surface area contributed by atoms with Crippen molar-refractivity contribution in [2.24, 2.45) is 0 Å². The fourth-order valence-electron chi connectivity index (χ4n) is 3.24. The first-order chi connectivity index (χ1) is 13.8. The molecule has 0 aliphatic rings. The number of aromatic nitrogens is 4. The summed E-state index contributed by atoms with van der Waals surface area (Å²) >= 11 is 0. The van der Waals surface area contributed by atoms with E-state index in [1.807, 2.05) is 52.0 Å². The highest BCUT2D eigenvalue weighted by atomic mass is 16.5. The van der Waals surface area contributed by atoms with Crippen molar-refractivity contribution in [3.05, 3.63) is 57.5 Å². The van der Waals surface area contributed by atoms with E-state index in [-0.39, 0.29) is 23.7 Å². The SMILES string of the molecule is Cc1oc(-c2ccc(OC(C)C)cc2)nc1Cn1nc(C)c2c(C)onc2c1=O. The molecule has 0 N–H and O–H groups in total. The summed E-state index contributed by atoms with van der Waals surface area (Å²) < 4.78 is 18.0. The van der Waals surface area contributed by atoms with Gasteiger partial charge in [0.05, 0.1) is 23.7 Å². The first-order valence-corrected chi connectivity index (χ1v) is 9.40. The normalized spacial score (nSPS) is 11.5. The van der Waals surface area contributed by atoms with Crippen LogP contribution in [0.4, 0.5) is 0 Å². The Morgan fingerprint density at radius 3 is 2.52 bits per heavy atom. The number of nitrogens with zero attached hydrogens (tertiary/aromatic N) is 4. The van der Waals surface area contributed by atoms with Gasteiger partial charge in [-0.05, 0) is 58.9 Å². The van der Waals surface area contributed by atoms with Crippen LogP contribution >= 0.6 is 0 Å². The topological polar surface area (TPSA) is 96.2 Å². The summed E-state index contributed by atoms with van der Waals surface area (Å²) in [5.74, 6) is 2.48. The number of aryl methyl sites for hydroxylation is 3. The summed E-state index contributed by atoms with van der Waals surface area (Å²) in [5, 5.41) is 8.94. The molecular formula is C21H22N4O4. The minimum absolute atomic E-state index is 0.108. The second-order valence-electron chi connectivity index (χ2n) is 7.22. The van der Waals surface area contributed by atoms with Crippen LogP contribution in [0, 0.1) is 20.8 Å². The highest BCUT2D eigenvalue weighted by Crippen LogP contribution is 2.25. The molecular weight excluding hydrogens is 372 g/mol. The quantitative estimate of drug-likeness (QED) is 0.508. The van der Waals surface area contributed by atoms with Crippen LogP contribution in [-0.4, -0.2) is 26.0 Å². The average Bonchev–Trinajstić information content (AvgIpc) is 3.23. The maximum atomic E-state index is 12.7. The van der Waals surface area contributed by atoms with E-state index in [9.17, 15) is 4.79 Å². The summed E-state index contributed by atoms with van der Waals surface area (Å²) in [5.41, 5.74) is 2.10. The first-order valence-electron chi connectivity index (χ1n) is 9.40. The van der Waals surface area contributed by atoms with Crippen LogP contribution in [0.3, 0.4) is 0 Å². The molecule has 29 heavy (non-hydrogen) atoms. The van der Waals surface area contributed by atoms with Gasteiger partial charge in [-0.3, -0.25) is 4.79 Å². The molecule has 0 amide bonds. The van der Waals surface area contributed by atoms with Gasteiger partial charge in [0.1, 0.15) is 23.0 Å². The van der Waals surface area contributed by atoms with Crippen LogP contribution in [0.25, 0.3) is 22.4 Å². The molecule has 0 saturated heterocycles. The fourth-order valence-corrected chi connectivity index (χ4v) is 3.24. The molecule has 4 rings (SSSR count). The molecule has 0 atom stereocenters. The lowest BCUT2D eigenvalue weighted by atomic mass is 10.2. The Morgan fingerprint density at radius 1 is 1.10 bits per heavy atom. The molecule has 150 valence electrons. The lowest BCUT2D eigenvalue weighted by molar-refractivity contribution is 0.242. The van der Waals surface area contributed by atoms with Gasteiger partial charge >= 0.3 is 0 Å². The Bertz CT molecular complexity index is 1230. The van der Waals surface area contributed by atoms with Crippen LogP contribution in [0.2, 0.25) is 0 Å². The van der Waals surface area contributed by atoms with E-state index in [2.05, 4.69) is 15.2 Å². The summed E-state index contributed by atoms with van der Waals surface area (Å²) in [6.07, 6.45) is 0.108. The summed E-state index contributed by atoms with van der Waals surface area (Å²) in [4.78, 5) is 17.3. The minimum Gasteiger partial charge on any atom is -0.491 e. The molecule has 0 aliphatic carbocycles. The highest BCUT2D eigenvalue weighted by molar-refractivity contribution is 5.81. The molecule has 0 fully saturated rings. The molecule has 0 bridgehead atoms. The van der Waals surface area contributed by atoms with Gasteiger partial charge in [0, 0.05) is 5.56 Å². The maximum Gasteiger partial charge on any atom is 0.297 e. The zero-order valence-corrected chi connectivity index (χ0v) is 17.0. The monoisotopic (exact) mass is 394 g/mol. The summed E-state index contributed by atoms with van der Waals surface area (Å²) in [6, 6.07) is 7.55. The molecule has 8 nitrogen and oxygen atoms in total. The van der Waals surface area contributed by atoms with Crippen molar-refractivity contribution >= 4 is 10.9 Å². The molecule has 3 aromatic heterocycles. The van der Waals surface area contributed by atoms with Crippen molar-refractivity contribution in [3.8, 4) is 17.2 Å². The number of fused-ring (bicyclic) bond motifs is 1. The van der Waals surface area contributed by atoms with Crippen LogP contribution in [0.5, 0.6) is 5.75 Å². The molecule has 0 aliphatic heterocycles. The Morgan fingerprint density at radius 2 is 1.83 bits per heavy atom. The van der Waals surface area contributed by atoms with Gasteiger partial charge in [-0.1, -0.05) is 5.16 Å². The van der Waals surface area contributed by atoms with Crippen molar-refractivity contribution in [2.75, 3.05) is 0 Å². The summed E-state index contributed by atoms with van der Waals surface area (Å²) in [6.45, 7) is 9.55. The molecule has 3 heterocycles. The van der Waals surface area contributed by atoms with Crippen LogP contribution in [0.1, 0.15) is 36.8 Å². The number of oxazole rings is 1. The molecule has 8 heteroatoms. The van der Waals surface area contributed by atoms with Gasteiger partial charge in [0.2, 0.25) is 5.89 Å². The van der Waals surface area contributed by atoms with E-state index in [1.54, 1.807) is 6.92 Å². The minimum atomic E-state index is -0.318. The lowest BCUT2D eigenvalue weighted by Gasteiger charge is -2.09. The molecule has 4 aromatic rings. The smallest absolute Gasteiger partial charge is 0.297 e. The van der Waals surface area contributed by atoms with E-state index in [0.717, 1.165) is 11.3 Å². The Labute approximate surface area is 167 Å². The number of hydrogen-bond acceptors (Lipinski definition) is 7. The van der Waals surface area contributed by atoms with Crippen LogP contribution in [0.15, 0.2) is 38.0 Å². The predicted molar refractivity (Wildman–Crippen MR) is 107 cm³/mol. The number of benzene rings is 1. The highest BCUT2D eigenvalue weighted by Gasteiger charge is 2.18. The van der Waals surface area contributed by atoms with Crippen LogP contribution in [-0.2, 0) is 6.54 Å². The second-order valence-corrected chi connectivity index (χ2v) is 7.22. The Balaban J connectivity index is 1.65.